The van der Waals surface area contributed by atoms with Crippen molar-refractivity contribution in [3.05, 3.63) is 12.1 Å². The first-order chi connectivity index (χ1) is 6.49. The van der Waals surface area contributed by atoms with Gasteiger partial charge in [-0.15, -0.1) is 25.3 Å². The van der Waals surface area contributed by atoms with Crippen LogP contribution in [0.1, 0.15) is 0 Å². The van der Waals surface area contributed by atoms with E-state index in [1.807, 2.05) is 0 Å². The van der Waals surface area contributed by atoms with Crippen LogP contribution < -0.4 is 4.90 Å². The minimum atomic E-state index is -0.903. The van der Waals surface area contributed by atoms with Crippen LogP contribution in [0.4, 0.5) is 5.82 Å². The Kier molecular flexibility index (Phi) is 3.65. The van der Waals surface area contributed by atoms with Crippen LogP contribution in [-0.4, -0.2) is 29.7 Å². The van der Waals surface area contributed by atoms with E-state index in [-0.39, 0.29) is 6.54 Å². The number of anilines is 1. The number of aromatic nitrogens is 1. The molecule has 0 unspecified atom stereocenters. The summed E-state index contributed by atoms with van der Waals surface area (Å²) in [4.78, 5) is 16.7. The molecule has 0 atom stereocenters. The summed E-state index contributed by atoms with van der Waals surface area (Å²) in [5.41, 5.74) is 0. The molecule has 1 aromatic heterocycles. The Balaban J connectivity index is 2.89. The number of carboxylic acid groups (broad SMARTS) is 1. The molecule has 0 aliphatic carbocycles. The fourth-order valence-corrected chi connectivity index (χ4v) is 1.55. The van der Waals surface area contributed by atoms with Crippen LogP contribution in [0.5, 0.6) is 0 Å². The monoisotopic (exact) mass is 230 g/mol. The molecule has 0 saturated carbocycles. The minimum Gasteiger partial charge on any atom is -0.480 e. The van der Waals surface area contributed by atoms with E-state index in [9.17, 15) is 4.79 Å². The van der Waals surface area contributed by atoms with E-state index >= 15 is 0 Å². The average Bonchev–Trinajstić information content (AvgIpc) is 2.00. The highest BCUT2D eigenvalue weighted by Crippen LogP contribution is 2.18. The summed E-state index contributed by atoms with van der Waals surface area (Å²) in [7, 11) is 1.65. The summed E-state index contributed by atoms with van der Waals surface area (Å²) in [6.45, 7) is -0.0998. The van der Waals surface area contributed by atoms with Crippen molar-refractivity contribution in [1.82, 2.24) is 4.98 Å². The van der Waals surface area contributed by atoms with Crippen molar-refractivity contribution >= 4 is 37.0 Å². The number of rotatable bonds is 3. The Labute approximate surface area is 92.8 Å². The van der Waals surface area contributed by atoms with Crippen LogP contribution in [0.3, 0.4) is 0 Å². The maximum atomic E-state index is 10.4. The van der Waals surface area contributed by atoms with Crippen LogP contribution in [0.15, 0.2) is 22.1 Å². The third kappa shape index (κ3) is 3.12. The van der Waals surface area contributed by atoms with Gasteiger partial charge in [-0.3, -0.25) is 4.79 Å². The number of nitrogens with zero attached hydrogens (tertiary/aromatic N) is 2. The van der Waals surface area contributed by atoms with Gasteiger partial charge in [-0.05, 0) is 12.1 Å². The molecule has 1 heterocycles. The summed E-state index contributed by atoms with van der Waals surface area (Å²) in [6.07, 6.45) is 0. The molecule has 0 spiro atoms. The largest absolute Gasteiger partial charge is 0.480 e. The molecule has 1 N–H and O–H groups in total. The quantitative estimate of drug-likeness (QED) is 0.683. The molecule has 0 aromatic carbocycles. The van der Waals surface area contributed by atoms with Crippen molar-refractivity contribution < 1.29 is 9.90 Å². The summed E-state index contributed by atoms with van der Waals surface area (Å²) < 4.78 is 0. The summed E-state index contributed by atoms with van der Waals surface area (Å²) in [5.74, 6) is -0.357. The number of aliphatic carboxylic acids is 1. The maximum absolute atomic E-state index is 10.4. The van der Waals surface area contributed by atoms with Gasteiger partial charge < -0.3 is 10.0 Å². The zero-order chi connectivity index (χ0) is 10.7. The minimum absolute atomic E-state index is 0.0998. The molecule has 0 fully saturated rings. The normalized spacial score (nSPS) is 9.93. The lowest BCUT2D eigenvalue weighted by molar-refractivity contribution is -0.135. The van der Waals surface area contributed by atoms with Gasteiger partial charge in [-0.25, -0.2) is 4.98 Å². The lowest BCUT2D eigenvalue weighted by atomic mass is 10.4. The summed E-state index contributed by atoms with van der Waals surface area (Å²) in [5, 5.41) is 9.09. The van der Waals surface area contributed by atoms with Crippen LogP contribution in [0.2, 0.25) is 0 Å². The number of pyridine rings is 1. The number of carboxylic acids is 1. The number of hydrogen-bond acceptors (Lipinski definition) is 5. The molecule has 0 saturated heterocycles. The smallest absolute Gasteiger partial charge is 0.323 e. The van der Waals surface area contributed by atoms with E-state index in [4.69, 9.17) is 5.11 Å². The van der Waals surface area contributed by atoms with Gasteiger partial charge >= 0.3 is 5.97 Å². The second-order valence-electron chi connectivity index (χ2n) is 2.79. The van der Waals surface area contributed by atoms with Gasteiger partial charge in [0.15, 0.2) is 0 Å². The zero-order valence-electron chi connectivity index (χ0n) is 7.51. The first-order valence-corrected chi connectivity index (χ1v) is 4.71. The van der Waals surface area contributed by atoms with Crippen molar-refractivity contribution in [3.8, 4) is 0 Å². The van der Waals surface area contributed by atoms with E-state index in [0.29, 0.717) is 15.7 Å². The molecule has 0 amide bonds. The van der Waals surface area contributed by atoms with E-state index < -0.39 is 5.97 Å². The average molecular weight is 230 g/mol. The van der Waals surface area contributed by atoms with Crippen molar-refractivity contribution in [2.45, 2.75) is 9.92 Å². The predicted molar refractivity (Wildman–Crippen MR) is 59.6 cm³/mol. The first kappa shape index (κ1) is 11.2. The van der Waals surface area contributed by atoms with Gasteiger partial charge in [0, 0.05) is 11.9 Å². The molecule has 6 heteroatoms. The predicted octanol–water partition coefficient (Wildman–Crippen LogP) is 1.18. The lowest BCUT2D eigenvalue weighted by Crippen LogP contribution is -2.25. The number of hydrogen-bond donors (Lipinski definition) is 3. The Bertz CT molecular complexity index is 337. The summed E-state index contributed by atoms with van der Waals surface area (Å²) in [6, 6.07) is 3.37. The molecule has 0 aliphatic rings. The fourth-order valence-electron chi connectivity index (χ4n) is 0.968. The van der Waals surface area contributed by atoms with Gasteiger partial charge in [0.2, 0.25) is 0 Å². The summed E-state index contributed by atoms with van der Waals surface area (Å²) >= 11 is 8.22. The topological polar surface area (TPSA) is 53.4 Å². The Morgan fingerprint density at radius 3 is 2.71 bits per heavy atom. The highest BCUT2D eigenvalue weighted by molar-refractivity contribution is 7.81. The SMILES string of the molecule is CN(CC(=O)O)c1cc(S)cc(S)n1. The molecular formula is C8H10N2O2S2. The molecule has 0 radical (unpaired) electrons. The molecule has 1 rings (SSSR count). The van der Waals surface area contributed by atoms with Crippen LogP contribution >= 0.6 is 25.3 Å². The number of thiol groups is 2. The second-order valence-corrected chi connectivity index (χ2v) is 3.77. The maximum Gasteiger partial charge on any atom is 0.323 e. The Morgan fingerprint density at radius 2 is 2.21 bits per heavy atom. The second kappa shape index (κ2) is 4.56. The number of carbonyl (C=O) groups is 1. The van der Waals surface area contributed by atoms with E-state index in [2.05, 4.69) is 30.2 Å². The zero-order valence-corrected chi connectivity index (χ0v) is 9.29. The van der Waals surface area contributed by atoms with Crippen molar-refractivity contribution in [2.75, 3.05) is 18.5 Å². The van der Waals surface area contributed by atoms with E-state index in [0.717, 1.165) is 0 Å². The standard InChI is InChI=1S/C8H10N2O2S2/c1-10(4-8(11)12)6-2-5(13)3-7(14)9-6/h2-3H,4H2,1H3,(H,11,12)(H2,9,13,14). The van der Waals surface area contributed by atoms with Crippen molar-refractivity contribution in [1.29, 1.82) is 0 Å². The molecular weight excluding hydrogens is 220 g/mol. The number of likely N-dealkylation sites (N-methyl/N-ethyl adjacent to an activating group) is 1. The molecule has 4 nitrogen and oxygen atoms in total. The van der Waals surface area contributed by atoms with Gasteiger partial charge in [0.05, 0.1) is 5.03 Å². The molecule has 1 aromatic rings. The van der Waals surface area contributed by atoms with Crippen LogP contribution in [-0.2, 0) is 4.79 Å². The van der Waals surface area contributed by atoms with Crippen molar-refractivity contribution in [2.24, 2.45) is 0 Å². The fraction of sp³-hybridized carbons (Fsp3) is 0.250. The molecule has 14 heavy (non-hydrogen) atoms. The third-order valence-electron chi connectivity index (χ3n) is 1.55. The van der Waals surface area contributed by atoms with Gasteiger partial charge in [-0.2, -0.15) is 0 Å². The highest BCUT2D eigenvalue weighted by atomic mass is 32.1. The highest BCUT2D eigenvalue weighted by Gasteiger charge is 2.07. The van der Waals surface area contributed by atoms with Gasteiger partial charge in [0.1, 0.15) is 12.4 Å². The van der Waals surface area contributed by atoms with Gasteiger partial charge in [-0.1, -0.05) is 0 Å². The van der Waals surface area contributed by atoms with E-state index in [1.165, 1.54) is 4.90 Å². The lowest BCUT2D eigenvalue weighted by Gasteiger charge is -2.15. The molecule has 0 bridgehead atoms. The first-order valence-electron chi connectivity index (χ1n) is 3.82. The Hall–Kier alpha value is -0.880. The molecule has 0 aliphatic heterocycles. The Morgan fingerprint density at radius 1 is 1.57 bits per heavy atom. The van der Waals surface area contributed by atoms with Crippen molar-refractivity contribution in [3.63, 3.8) is 0 Å². The van der Waals surface area contributed by atoms with E-state index in [1.54, 1.807) is 19.2 Å². The molecule has 76 valence electrons. The van der Waals surface area contributed by atoms with Crippen LogP contribution in [0, 0.1) is 0 Å². The van der Waals surface area contributed by atoms with Gasteiger partial charge in [0.25, 0.3) is 0 Å². The third-order valence-corrected chi connectivity index (χ3v) is 2.03. The van der Waals surface area contributed by atoms with Crippen LogP contribution in [0.25, 0.3) is 0 Å².